The molecule has 190 valence electrons. The maximum absolute atomic E-state index is 13.6. The van der Waals surface area contributed by atoms with Gasteiger partial charge in [0.15, 0.2) is 16.4 Å². The van der Waals surface area contributed by atoms with Gasteiger partial charge < -0.3 is 15.2 Å². The van der Waals surface area contributed by atoms with Crippen LogP contribution in [0.5, 0.6) is 5.75 Å². The van der Waals surface area contributed by atoms with Crippen molar-refractivity contribution in [2.75, 3.05) is 25.4 Å². The maximum atomic E-state index is 13.6. The number of hydrogen-bond donors (Lipinski definition) is 2. The number of aryl methyl sites for hydroxylation is 2. The van der Waals surface area contributed by atoms with Crippen molar-refractivity contribution in [3.63, 3.8) is 0 Å². The fraction of sp³-hybridized carbons (Fsp3) is 0.400. The number of ether oxygens (including phenoxy) is 1. The number of thiophene rings is 1. The molecule has 10 heteroatoms. The predicted molar refractivity (Wildman–Crippen MR) is 140 cm³/mol. The van der Waals surface area contributed by atoms with Crippen LogP contribution in [0.3, 0.4) is 0 Å². The van der Waals surface area contributed by atoms with E-state index in [0.29, 0.717) is 39.1 Å². The number of hydrogen-bond acceptors (Lipinski definition) is 7. The lowest BCUT2D eigenvalue weighted by Crippen LogP contribution is -2.26. The molecule has 3 rings (SSSR count). The number of halogens is 1. The Labute approximate surface area is 213 Å². The molecule has 0 aliphatic heterocycles. The fourth-order valence-corrected chi connectivity index (χ4v) is 8.05. The first-order valence-electron chi connectivity index (χ1n) is 11.3. The van der Waals surface area contributed by atoms with Crippen LogP contribution in [0.4, 0.5) is 4.39 Å². The second-order valence-electron chi connectivity index (χ2n) is 8.29. The van der Waals surface area contributed by atoms with Crippen LogP contribution in [-0.4, -0.2) is 50.2 Å². The molecule has 0 fully saturated rings. The molecule has 35 heavy (non-hydrogen) atoms. The van der Waals surface area contributed by atoms with Crippen molar-refractivity contribution in [1.29, 1.82) is 0 Å². The summed E-state index contributed by atoms with van der Waals surface area (Å²) in [4.78, 5) is 11.8. The molecule has 0 bridgehead atoms. The second-order valence-corrected chi connectivity index (χ2v) is 13.0. The minimum Gasteiger partial charge on any atom is -0.482 e. The van der Waals surface area contributed by atoms with Crippen molar-refractivity contribution < 1.29 is 27.4 Å². The molecule has 0 radical (unpaired) electrons. The molecule has 1 heterocycles. The number of fused-ring (bicyclic) bond motifs is 1. The van der Waals surface area contributed by atoms with Crippen molar-refractivity contribution in [2.24, 2.45) is 0 Å². The van der Waals surface area contributed by atoms with Crippen LogP contribution in [0, 0.1) is 19.7 Å². The third-order valence-corrected chi connectivity index (χ3v) is 10.7. The lowest BCUT2D eigenvalue weighted by atomic mass is 10.2. The molecule has 2 aromatic carbocycles. The number of sulfone groups is 1. The predicted octanol–water partition coefficient (Wildman–Crippen LogP) is 5.44. The Balaban J connectivity index is 1.48. The minimum atomic E-state index is -3.44. The Morgan fingerprint density at radius 3 is 2.69 bits per heavy atom. The number of aliphatic carboxylic acids is 1. The summed E-state index contributed by atoms with van der Waals surface area (Å²) in [5, 5.41) is 13.1. The largest absolute Gasteiger partial charge is 0.482 e. The Bertz CT molecular complexity index is 1290. The number of carboxylic acids is 1. The van der Waals surface area contributed by atoms with Crippen LogP contribution < -0.4 is 10.1 Å². The van der Waals surface area contributed by atoms with E-state index in [0.717, 1.165) is 28.1 Å². The van der Waals surface area contributed by atoms with Gasteiger partial charge in [0.1, 0.15) is 15.8 Å². The van der Waals surface area contributed by atoms with Crippen LogP contribution >= 0.6 is 23.1 Å². The van der Waals surface area contributed by atoms with Crippen LogP contribution in [0.2, 0.25) is 0 Å². The molecular weight excluding hydrogens is 509 g/mol. The second kappa shape index (κ2) is 12.2. The molecular formula is C25H30FNO5S3. The van der Waals surface area contributed by atoms with E-state index in [9.17, 15) is 17.6 Å². The molecule has 1 aromatic heterocycles. The summed E-state index contributed by atoms with van der Waals surface area (Å²) in [5.41, 5.74) is 1.50. The first-order chi connectivity index (χ1) is 16.6. The lowest BCUT2D eigenvalue weighted by molar-refractivity contribution is -0.139. The summed E-state index contributed by atoms with van der Waals surface area (Å²) in [6.07, 6.45) is 1.42. The van der Waals surface area contributed by atoms with E-state index in [1.807, 2.05) is 19.1 Å². The summed E-state index contributed by atoms with van der Waals surface area (Å²) >= 11 is 2.92. The van der Waals surface area contributed by atoms with Gasteiger partial charge >= 0.3 is 5.97 Å². The van der Waals surface area contributed by atoms with Gasteiger partial charge in [0.05, 0.1) is 5.75 Å². The molecule has 0 amide bonds. The van der Waals surface area contributed by atoms with Crippen molar-refractivity contribution >= 4 is 49.0 Å². The number of rotatable bonds is 13. The van der Waals surface area contributed by atoms with Gasteiger partial charge in [-0.15, -0.1) is 23.1 Å². The molecule has 0 saturated carbocycles. The molecule has 1 atom stereocenters. The molecule has 3 aromatic rings. The number of thioether (sulfide) groups is 1. The average molecular weight is 540 g/mol. The highest BCUT2D eigenvalue weighted by Crippen LogP contribution is 2.35. The topological polar surface area (TPSA) is 92.7 Å². The van der Waals surface area contributed by atoms with Crippen molar-refractivity contribution in [3.8, 4) is 5.75 Å². The fourth-order valence-electron chi connectivity index (χ4n) is 3.67. The zero-order valence-corrected chi connectivity index (χ0v) is 22.4. The van der Waals surface area contributed by atoms with Gasteiger partial charge in [-0.1, -0.05) is 6.92 Å². The number of carbonyl (C=O) groups is 1. The zero-order chi connectivity index (χ0) is 25.6. The molecule has 6 nitrogen and oxygen atoms in total. The van der Waals surface area contributed by atoms with Gasteiger partial charge in [-0.05, 0) is 86.1 Å². The normalized spacial score (nSPS) is 12.7. The minimum absolute atomic E-state index is 0.0388. The standard InChI is InChI=1S/C25H30FNO5S3/c1-4-19(33-20-7-8-22(16(2)12-20)32-15-24(28)29)14-27-10-5-11-35(30,31)25-17(3)21-13-18(26)6-9-23(21)34-25/h6-9,12-13,19,27H,4-5,10-11,14-15H2,1-3H3,(H,28,29). The number of nitrogens with one attached hydrogen (secondary N) is 1. The van der Waals surface area contributed by atoms with Crippen LogP contribution in [-0.2, 0) is 14.6 Å². The Hall–Kier alpha value is -2.14. The Kier molecular flexibility index (Phi) is 9.57. The Morgan fingerprint density at radius 2 is 2.00 bits per heavy atom. The summed E-state index contributed by atoms with van der Waals surface area (Å²) in [7, 11) is -3.44. The van der Waals surface area contributed by atoms with E-state index in [-0.39, 0.29) is 18.2 Å². The smallest absolute Gasteiger partial charge is 0.341 e. The third kappa shape index (κ3) is 7.42. The van der Waals surface area contributed by atoms with Gasteiger partial charge in [-0.25, -0.2) is 17.6 Å². The monoisotopic (exact) mass is 539 g/mol. The molecule has 2 N–H and O–H groups in total. The first kappa shape index (κ1) is 27.4. The van der Waals surface area contributed by atoms with E-state index in [1.54, 1.807) is 30.8 Å². The number of benzene rings is 2. The highest BCUT2D eigenvalue weighted by molar-refractivity contribution is 8.00. The van der Waals surface area contributed by atoms with Crippen molar-refractivity contribution in [1.82, 2.24) is 5.32 Å². The molecule has 0 saturated heterocycles. The van der Waals surface area contributed by atoms with E-state index in [2.05, 4.69) is 12.2 Å². The maximum Gasteiger partial charge on any atom is 0.341 e. The van der Waals surface area contributed by atoms with E-state index in [4.69, 9.17) is 9.84 Å². The molecule has 0 aliphatic carbocycles. The zero-order valence-electron chi connectivity index (χ0n) is 20.0. The molecule has 0 aliphatic rings. The van der Waals surface area contributed by atoms with E-state index in [1.165, 1.54) is 23.5 Å². The van der Waals surface area contributed by atoms with Gasteiger partial charge in [0.2, 0.25) is 0 Å². The van der Waals surface area contributed by atoms with Crippen LogP contribution in [0.1, 0.15) is 30.9 Å². The highest BCUT2D eigenvalue weighted by Gasteiger charge is 2.22. The summed E-state index contributed by atoms with van der Waals surface area (Å²) in [6, 6.07) is 10.1. The molecule has 1 unspecified atom stereocenters. The van der Waals surface area contributed by atoms with Crippen molar-refractivity contribution in [3.05, 3.63) is 53.3 Å². The molecule has 0 spiro atoms. The SMILES string of the molecule is CCC(CNCCCS(=O)(=O)c1sc2ccc(F)cc2c1C)Sc1ccc(OCC(=O)O)c(C)c1. The summed E-state index contributed by atoms with van der Waals surface area (Å²) in [6.45, 7) is 6.67. The van der Waals surface area contributed by atoms with Crippen molar-refractivity contribution in [2.45, 2.75) is 48.0 Å². The third-order valence-electron chi connectivity index (χ3n) is 5.53. The quantitative estimate of drug-likeness (QED) is 0.221. The highest BCUT2D eigenvalue weighted by atomic mass is 32.2. The number of carboxylic acid groups (broad SMARTS) is 1. The van der Waals surface area contributed by atoms with Crippen LogP contribution in [0.15, 0.2) is 45.5 Å². The Morgan fingerprint density at radius 1 is 1.23 bits per heavy atom. The average Bonchev–Trinajstić information content (AvgIpc) is 3.14. The lowest BCUT2D eigenvalue weighted by Gasteiger charge is -2.16. The van der Waals surface area contributed by atoms with Gasteiger partial charge in [-0.3, -0.25) is 0 Å². The summed E-state index contributed by atoms with van der Waals surface area (Å²) in [5.74, 6) is -0.783. The van der Waals surface area contributed by atoms with E-state index < -0.39 is 15.8 Å². The van der Waals surface area contributed by atoms with Gasteiger partial charge in [0.25, 0.3) is 0 Å². The van der Waals surface area contributed by atoms with Gasteiger partial charge in [0, 0.05) is 21.4 Å². The van der Waals surface area contributed by atoms with Gasteiger partial charge in [-0.2, -0.15) is 0 Å². The first-order valence-corrected chi connectivity index (χ1v) is 14.7. The van der Waals surface area contributed by atoms with E-state index >= 15 is 0 Å². The van der Waals surface area contributed by atoms with Crippen LogP contribution in [0.25, 0.3) is 10.1 Å². The summed E-state index contributed by atoms with van der Waals surface area (Å²) < 4.78 is 45.7.